The summed E-state index contributed by atoms with van der Waals surface area (Å²) in [6.07, 6.45) is 1.33. The summed E-state index contributed by atoms with van der Waals surface area (Å²) in [4.78, 5) is 23.4. The van der Waals surface area contributed by atoms with Gasteiger partial charge in [0.2, 0.25) is 0 Å². The molecule has 1 aromatic carbocycles. The van der Waals surface area contributed by atoms with Crippen molar-refractivity contribution in [3.05, 3.63) is 40.3 Å². The van der Waals surface area contributed by atoms with Crippen LogP contribution in [0.1, 0.15) is 10.4 Å². The van der Waals surface area contributed by atoms with E-state index < -0.39 is 11.5 Å². The van der Waals surface area contributed by atoms with E-state index in [0.29, 0.717) is 17.1 Å². The van der Waals surface area contributed by atoms with Gasteiger partial charge in [0, 0.05) is 24.2 Å². The maximum Gasteiger partial charge on any atom is 0.342 e. The Morgan fingerprint density at radius 1 is 1.24 bits per heavy atom. The maximum absolute atomic E-state index is 12.0. The van der Waals surface area contributed by atoms with E-state index in [-0.39, 0.29) is 11.1 Å². The average molecular weight is 290 g/mol. The van der Waals surface area contributed by atoms with Gasteiger partial charge in [-0.25, -0.2) is 9.48 Å². The predicted octanol–water partition coefficient (Wildman–Crippen LogP) is 1.16. The van der Waals surface area contributed by atoms with Crippen molar-refractivity contribution in [3.8, 4) is 22.6 Å². The normalized spacial score (nSPS) is 10.2. The number of hydrogen-bond acceptors (Lipinski definition) is 5. The van der Waals surface area contributed by atoms with E-state index in [4.69, 9.17) is 9.47 Å². The van der Waals surface area contributed by atoms with Crippen molar-refractivity contribution in [1.82, 2.24) is 9.78 Å². The Balaban J connectivity index is 2.76. The van der Waals surface area contributed by atoms with Crippen LogP contribution in [-0.4, -0.2) is 35.1 Å². The number of aryl methyl sites for hydroxylation is 1. The first-order valence-corrected chi connectivity index (χ1v) is 6.01. The summed E-state index contributed by atoms with van der Waals surface area (Å²) >= 11 is 0. The first kappa shape index (κ1) is 14.6. The number of hydrogen-bond donors (Lipinski definition) is 1. The molecule has 1 aromatic heterocycles. The van der Waals surface area contributed by atoms with E-state index in [1.807, 2.05) is 0 Å². The van der Waals surface area contributed by atoms with Crippen LogP contribution >= 0.6 is 0 Å². The van der Waals surface area contributed by atoms with Gasteiger partial charge in [-0.1, -0.05) is 0 Å². The van der Waals surface area contributed by atoms with Gasteiger partial charge >= 0.3 is 5.97 Å². The van der Waals surface area contributed by atoms with Crippen molar-refractivity contribution in [2.24, 2.45) is 7.05 Å². The van der Waals surface area contributed by atoms with E-state index in [1.165, 1.54) is 27.5 Å². The lowest BCUT2D eigenvalue weighted by atomic mass is 10.0. The summed E-state index contributed by atoms with van der Waals surface area (Å²) in [5, 5.41) is 13.2. The van der Waals surface area contributed by atoms with Gasteiger partial charge in [0.25, 0.3) is 5.56 Å². The second-order valence-corrected chi connectivity index (χ2v) is 4.23. The second kappa shape index (κ2) is 5.66. The molecule has 0 aliphatic heterocycles. The average Bonchev–Trinajstić information content (AvgIpc) is 2.48. The molecule has 2 rings (SSSR count). The molecule has 0 fully saturated rings. The summed E-state index contributed by atoms with van der Waals surface area (Å²) in [6, 6.07) is 4.89. The van der Waals surface area contributed by atoms with Crippen LogP contribution in [0.25, 0.3) is 11.1 Å². The molecule has 0 atom stereocenters. The fraction of sp³-hybridized carbons (Fsp3) is 0.214. The van der Waals surface area contributed by atoms with Crippen molar-refractivity contribution in [3.63, 3.8) is 0 Å². The number of rotatable bonds is 4. The molecule has 1 heterocycles. The van der Waals surface area contributed by atoms with Gasteiger partial charge < -0.3 is 14.6 Å². The molecule has 0 unspecified atom stereocenters. The number of ether oxygens (including phenoxy) is 2. The minimum Gasteiger partial charge on any atom is -0.497 e. The van der Waals surface area contributed by atoms with Gasteiger partial charge in [-0.3, -0.25) is 4.79 Å². The third-order valence-electron chi connectivity index (χ3n) is 3.05. The van der Waals surface area contributed by atoms with E-state index >= 15 is 0 Å². The van der Waals surface area contributed by atoms with E-state index in [9.17, 15) is 14.7 Å². The molecule has 0 spiro atoms. The van der Waals surface area contributed by atoms with Crippen molar-refractivity contribution in [2.75, 3.05) is 14.2 Å². The lowest BCUT2D eigenvalue weighted by Gasteiger charge is -2.12. The second-order valence-electron chi connectivity index (χ2n) is 4.23. The summed E-state index contributed by atoms with van der Waals surface area (Å²) in [6.45, 7) is 0. The Kier molecular flexibility index (Phi) is 3.93. The van der Waals surface area contributed by atoms with E-state index in [2.05, 4.69) is 5.10 Å². The Bertz CT molecular complexity index is 752. The highest BCUT2D eigenvalue weighted by molar-refractivity contribution is 5.96. The first-order valence-electron chi connectivity index (χ1n) is 6.01. The maximum atomic E-state index is 12.0. The minimum atomic E-state index is -1.31. The predicted molar refractivity (Wildman–Crippen MR) is 75.0 cm³/mol. The molecule has 21 heavy (non-hydrogen) atoms. The molecule has 0 saturated heterocycles. The highest BCUT2D eigenvalue weighted by atomic mass is 16.5. The van der Waals surface area contributed by atoms with Gasteiger partial charge in [-0.05, 0) is 12.1 Å². The number of carboxylic acid groups (broad SMARTS) is 1. The molecule has 0 bridgehead atoms. The van der Waals surface area contributed by atoms with Crippen LogP contribution in [0.5, 0.6) is 11.5 Å². The summed E-state index contributed by atoms with van der Waals surface area (Å²) in [5.41, 5.74) is -0.375. The van der Waals surface area contributed by atoms with Crippen LogP contribution in [0.4, 0.5) is 0 Å². The standard InChI is InChI=1S/C14H14N2O5/c1-16-13(17)12(14(18)19)10(7-15-16)9-5-4-8(20-2)6-11(9)21-3/h4-7H,1-3H3,(H,18,19). The van der Waals surface area contributed by atoms with Crippen LogP contribution in [0.2, 0.25) is 0 Å². The number of carbonyl (C=O) groups is 1. The van der Waals surface area contributed by atoms with E-state index in [1.54, 1.807) is 18.2 Å². The number of benzene rings is 1. The molecule has 7 nitrogen and oxygen atoms in total. The summed E-state index contributed by atoms with van der Waals surface area (Å²) in [5.74, 6) is -0.359. The Hall–Kier alpha value is -2.83. The monoisotopic (exact) mass is 290 g/mol. The Morgan fingerprint density at radius 2 is 1.95 bits per heavy atom. The summed E-state index contributed by atoms with van der Waals surface area (Å²) < 4.78 is 11.3. The molecule has 1 N–H and O–H groups in total. The van der Waals surface area contributed by atoms with Crippen LogP contribution in [-0.2, 0) is 7.05 Å². The number of carboxylic acids is 1. The first-order chi connectivity index (χ1) is 9.99. The highest BCUT2D eigenvalue weighted by Gasteiger charge is 2.20. The van der Waals surface area contributed by atoms with E-state index in [0.717, 1.165) is 4.68 Å². The van der Waals surface area contributed by atoms with Gasteiger partial charge in [0.05, 0.1) is 20.4 Å². The molecule has 0 aliphatic rings. The molecule has 0 amide bonds. The number of aromatic carboxylic acids is 1. The number of aromatic nitrogens is 2. The van der Waals surface area contributed by atoms with Crippen LogP contribution in [0, 0.1) is 0 Å². The lowest BCUT2D eigenvalue weighted by Crippen LogP contribution is -2.27. The third-order valence-corrected chi connectivity index (χ3v) is 3.05. The topological polar surface area (TPSA) is 90.7 Å². The Labute approximate surface area is 120 Å². The largest absolute Gasteiger partial charge is 0.497 e. The summed E-state index contributed by atoms with van der Waals surface area (Å²) in [7, 11) is 4.36. The van der Waals surface area contributed by atoms with Gasteiger partial charge in [0.1, 0.15) is 17.1 Å². The number of methoxy groups -OCH3 is 2. The van der Waals surface area contributed by atoms with Crippen LogP contribution in [0.15, 0.2) is 29.2 Å². The molecule has 110 valence electrons. The zero-order chi connectivity index (χ0) is 15.6. The SMILES string of the molecule is COc1ccc(-c2cnn(C)c(=O)c2C(=O)O)c(OC)c1. The minimum absolute atomic E-state index is 0.199. The van der Waals surface area contributed by atoms with Gasteiger partial charge in [0.15, 0.2) is 0 Å². The zero-order valence-corrected chi connectivity index (χ0v) is 11.8. The third kappa shape index (κ3) is 2.58. The lowest BCUT2D eigenvalue weighted by molar-refractivity contribution is 0.0694. The fourth-order valence-electron chi connectivity index (χ4n) is 1.97. The van der Waals surface area contributed by atoms with Crippen LogP contribution in [0.3, 0.4) is 0 Å². The van der Waals surface area contributed by atoms with Crippen molar-refractivity contribution in [1.29, 1.82) is 0 Å². The Morgan fingerprint density at radius 3 is 2.52 bits per heavy atom. The quantitative estimate of drug-likeness (QED) is 0.908. The van der Waals surface area contributed by atoms with Gasteiger partial charge in [-0.2, -0.15) is 5.10 Å². The zero-order valence-electron chi connectivity index (χ0n) is 11.8. The van der Waals surface area contributed by atoms with Crippen molar-refractivity contribution < 1.29 is 19.4 Å². The highest BCUT2D eigenvalue weighted by Crippen LogP contribution is 2.33. The molecule has 0 saturated carbocycles. The van der Waals surface area contributed by atoms with Crippen LogP contribution < -0.4 is 15.0 Å². The molecule has 0 radical (unpaired) electrons. The van der Waals surface area contributed by atoms with Gasteiger partial charge in [-0.15, -0.1) is 0 Å². The smallest absolute Gasteiger partial charge is 0.342 e. The van der Waals surface area contributed by atoms with Crippen molar-refractivity contribution in [2.45, 2.75) is 0 Å². The molecular formula is C14H14N2O5. The number of nitrogens with zero attached hydrogens (tertiary/aromatic N) is 2. The molecular weight excluding hydrogens is 276 g/mol. The fourth-order valence-corrected chi connectivity index (χ4v) is 1.97. The molecule has 7 heteroatoms. The molecule has 2 aromatic rings. The molecule has 0 aliphatic carbocycles. The van der Waals surface area contributed by atoms with Crippen molar-refractivity contribution >= 4 is 5.97 Å².